The Morgan fingerprint density at radius 1 is 1.22 bits per heavy atom. The van der Waals surface area contributed by atoms with Gasteiger partial charge in [-0.15, -0.1) is 0 Å². The lowest BCUT2D eigenvalue weighted by atomic mass is 9.88. The van der Waals surface area contributed by atoms with E-state index in [0.717, 1.165) is 18.2 Å². The molecule has 4 rings (SSSR count). The van der Waals surface area contributed by atoms with Gasteiger partial charge in [0.05, 0.1) is 29.5 Å². The number of nitrogens with one attached hydrogen (secondary N) is 1. The molecule has 12 heteroatoms. The van der Waals surface area contributed by atoms with E-state index in [4.69, 9.17) is 25.8 Å². The lowest BCUT2D eigenvalue weighted by molar-refractivity contribution is -0.122. The Balaban J connectivity index is 1.57. The Kier molecular flexibility index (Phi) is 7.51. The van der Waals surface area contributed by atoms with Crippen LogP contribution in [0, 0.1) is 17.5 Å². The summed E-state index contributed by atoms with van der Waals surface area (Å²) in [7, 11) is 0. The molecule has 194 valence electrons. The van der Waals surface area contributed by atoms with Gasteiger partial charge in [-0.2, -0.15) is 0 Å². The van der Waals surface area contributed by atoms with E-state index in [1.807, 2.05) is 0 Å². The van der Waals surface area contributed by atoms with Crippen LogP contribution in [-0.2, 0) is 20.7 Å². The van der Waals surface area contributed by atoms with Crippen LogP contribution in [0.15, 0.2) is 24.3 Å². The summed E-state index contributed by atoms with van der Waals surface area (Å²) in [6.07, 6.45) is -1.97. The number of halogens is 4. The lowest BCUT2D eigenvalue weighted by Crippen LogP contribution is -2.60. The number of anilines is 2. The number of ether oxygens (including phenoxy) is 3. The van der Waals surface area contributed by atoms with E-state index in [1.54, 1.807) is 6.92 Å². The number of benzene rings is 2. The van der Waals surface area contributed by atoms with Gasteiger partial charge in [0.1, 0.15) is 35.4 Å². The van der Waals surface area contributed by atoms with Gasteiger partial charge < -0.3 is 29.5 Å². The molecule has 8 nitrogen and oxygen atoms in total. The summed E-state index contributed by atoms with van der Waals surface area (Å²) in [4.78, 5) is 25.2. The molecule has 1 fully saturated rings. The first-order valence-electron chi connectivity index (χ1n) is 11.3. The van der Waals surface area contributed by atoms with Crippen LogP contribution in [0.5, 0.6) is 5.75 Å². The lowest BCUT2D eigenvalue weighted by Gasteiger charge is -2.44. The van der Waals surface area contributed by atoms with E-state index in [9.17, 15) is 27.9 Å². The van der Waals surface area contributed by atoms with Crippen molar-refractivity contribution in [2.24, 2.45) is 0 Å². The average molecular weight is 529 g/mol. The Hall–Kier alpha value is -3.18. The molecule has 2 aliphatic heterocycles. The number of amides is 1. The Bertz CT molecular complexity index is 1180. The maximum absolute atomic E-state index is 14.5. The molecule has 0 spiro atoms. The smallest absolute Gasteiger partial charge is 0.490 e. The third-order valence-electron chi connectivity index (χ3n) is 6.19. The number of carbonyl (C=O) groups is 2. The first kappa shape index (κ1) is 25.9. The fourth-order valence-corrected chi connectivity index (χ4v) is 4.42. The molecule has 0 unspecified atom stereocenters. The number of piperidine rings is 1. The van der Waals surface area contributed by atoms with Crippen molar-refractivity contribution in [3.05, 3.63) is 52.3 Å². The number of carbonyl (C=O) groups excluding carboxylic acids is 2. The zero-order valence-corrected chi connectivity index (χ0v) is 20.0. The zero-order chi connectivity index (χ0) is 26.0. The molecule has 2 aromatic carbocycles. The maximum atomic E-state index is 14.5. The van der Waals surface area contributed by atoms with Crippen LogP contribution in [0.4, 0.5) is 29.3 Å². The first-order valence-corrected chi connectivity index (χ1v) is 11.7. The van der Waals surface area contributed by atoms with Crippen molar-refractivity contribution >= 4 is 35.0 Å². The maximum Gasteiger partial charge on any atom is 0.508 e. The Morgan fingerprint density at radius 2 is 2.00 bits per heavy atom. The predicted molar refractivity (Wildman–Crippen MR) is 124 cm³/mol. The summed E-state index contributed by atoms with van der Waals surface area (Å²) in [6, 6.07) is 4.29. The SMILES string of the molecule is CCOC(=O)O[C@@H]1CN(c2cc(F)c(Cl)cc2F)CC[C@@]1(O)COc1ccc(F)c2c1CCC(=O)N2. The second-order valence-corrected chi connectivity index (χ2v) is 8.95. The number of aliphatic hydroxyl groups is 1. The topological polar surface area (TPSA) is 97.3 Å². The minimum atomic E-state index is -1.75. The van der Waals surface area contributed by atoms with Crippen LogP contribution in [-0.4, -0.2) is 55.2 Å². The van der Waals surface area contributed by atoms with E-state index in [2.05, 4.69) is 5.32 Å². The predicted octanol–water partition coefficient (Wildman–Crippen LogP) is 4.20. The number of rotatable bonds is 6. The fourth-order valence-electron chi connectivity index (χ4n) is 4.27. The molecule has 0 bridgehead atoms. The van der Waals surface area contributed by atoms with Gasteiger partial charge >= 0.3 is 6.16 Å². The highest BCUT2D eigenvalue weighted by molar-refractivity contribution is 6.30. The van der Waals surface area contributed by atoms with Gasteiger partial charge in [0, 0.05) is 31.0 Å². The molecule has 2 aromatic rings. The second-order valence-electron chi connectivity index (χ2n) is 8.54. The summed E-state index contributed by atoms with van der Waals surface area (Å²) in [5.41, 5.74) is -1.40. The van der Waals surface area contributed by atoms with Crippen LogP contribution in [0.3, 0.4) is 0 Å². The largest absolute Gasteiger partial charge is 0.508 e. The van der Waals surface area contributed by atoms with Crippen molar-refractivity contribution in [1.82, 2.24) is 0 Å². The minimum Gasteiger partial charge on any atom is -0.490 e. The van der Waals surface area contributed by atoms with Crippen molar-refractivity contribution in [3.8, 4) is 5.75 Å². The molecule has 1 saturated heterocycles. The van der Waals surface area contributed by atoms with Crippen LogP contribution in [0.25, 0.3) is 0 Å². The third-order valence-corrected chi connectivity index (χ3v) is 6.48. The van der Waals surface area contributed by atoms with Crippen LogP contribution >= 0.6 is 11.6 Å². The molecular weight excluding hydrogens is 505 g/mol. The van der Waals surface area contributed by atoms with E-state index in [0.29, 0.717) is 5.56 Å². The van der Waals surface area contributed by atoms with Crippen molar-refractivity contribution in [2.75, 3.05) is 36.5 Å². The number of hydrogen-bond donors (Lipinski definition) is 2. The first-order chi connectivity index (χ1) is 17.1. The van der Waals surface area contributed by atoms with Gasteiger partial charge in [-0.3, -0.25) is 4.79 Å². The van der Waals surface area contributed by atoms with Gasteiger partial charge in [-0.1, -0.05) is 11.6 Å². The number of fused-ring (bicyclic) bond motifs is 1. The molecule has 0 aliphatic carbocycles. The highest BCUT2D eigenvalue weighted by Crippen LogP contribution is 2.36. The summed E-state index contributed by atoms with van der Waals surface area (Å²) in [5, 5.41) is 13.5. The van der Waals surface area contributed by atoms with Gasteiger partial charge in [0.15, 0.2) is 6.10 Å². The quantitative estimate of drug-likeness (QED) is 0.428. The highest BCUT2D eigenvalue weighted by atomic mass is 35.5. The molecule has 0 aromatic heterocycles. The van der Waals surface area contributed by atoms with Gasteiger partial charge in [-0.25, -0.2) is 18.0 Å². The van der Waals surface area contributed by atoms with Crippen molar-refractivity contribution in [1.29, 1.82) is 0 Å². The fraction of sp³-hybridized carbons (Fsp3) is 0.417. The second kappa shape index (κ2) is 10.4. The number of hydrogen-bond acceptors (Lipinski definition) is 7. The average Bonchev–Trinajstić information content (AvgIpc) is 2.83. The Labute approximate surface area is 209 Å². The minimum absolute atomic E-state index is 0.0186. The molecule has 36 heavy (non-hydrogen) atoms. The van der Waals surface area contributed by atoms with E-state index >= 15 is 0 Å². The molecule has 1 amide bonds. The van der Waals surface area contributed by atoms with Gasteiger partial charge in [-0.05, 0) is 31.5 Å². The van der Waals surface area contributed by atoms with Crippen LogP contribution in [0.2, 0.25) is 5.02 Å². The van der Waals surface area contributed by atoms with Gasteiger partial charge in [0.2, 0.25) is 5.91 Å². The third kappa shape index (κ3) is 5.31. The molecule has 2 N–H and O–H groups in total. The van der Waals surface area contributed by atoms with E-state index in [-0.39, 0.29) is 73.6 Å². The van der Waals surface area contributed by atoms with Crippen molar-refractivity contribution < 1.29 is 42.1 Å². The van der Waals surface area contributed by atoms with E-state index < -0.39 is 35.3 Å². The summed E-state index contributed by atoms with van der Waals surface area (Å²) >= 11 is 5.65. The van der Waals surface area contributed by atoms with Crippen molar-refractivity contribution in [3.63, 3.8) is 0 Å². The molecular formula is C24H24ClF3N2O6. The normalized spacial score (nSPS) is 21.4. The molecule has 0 radical (unpaired) electrons. The Morgan fingerprint density at radius 3 is 2.75 bits per heavy atom. The van der Waals surface area contributed by atoms with Crippen molar-refractivity contribution in [2.45, 2.75) is 37.9 Å². The van der Waals surface area contributed by atoms with Crippen LogP contribution < -0.4 is 15.0 Å². The van der Waals surface area contributed by atoms with E-state index in [1.165, 1.54) is 11.0 Å². The number of nitrogens with zero attached hydrogens (tertiary/aromatic N) is 1. The summed E-state index contributed by atoms with van der Waals surface area (Å²) < 4.78 is 58.8. The standard InChI is InChI=1S/C24H24ClF3N2O6/c1-2-34-23(32)36-20-11-30(18-10-16(27)14(25)9-17(18)28)8-7-24(20,33)12-35-19-5-4-15(26)22-13(19)3-6-21(31)29-22/h4-5,9-10,20,33H,2-3,6-8,11-12H2,1H3,(H,29,31)/t20-,24-/m1/s1. The molecule has 0 saturated carbocycles. The molecule has 2 heterocycles. The molecule has 2 atom stereocenters. The van der Waals surface area contributed by atoms with Gasteiger partial charge in [0.25, 0.3) is 0 Å². The summed E-state index contributed by atoms with van der Waals surface area (Å²) in [5.74, 6) is -2.29. The highest BCUT2D eigenvalue weighted by Gasteiger charge is 2.46. The molecule has 2 aliphatic rings. The monoisotopic (exact) mass is 528 g/mol. The summed E-state index contributed by atoms with van der Waals surface area (Å²) in [6.45, 7) is 1.10. The van der Waals surface area contributed by atoms with Crippen LogP contribution in [0.1, 0.15) is 25.3 Å². The zero-order valence-electron chi connectivity index (χ0n) is 19.3.